The van der Waals surface area contributed by atoms with Crippen LogP contribution >= 0.6 is 11.3 Å². The van der Waals surface area contributed by atoms with Crippen molar-refractivity contribution in [3.8, 4) is 0 Å². The van der Waals surface area contributed by atoms with Crippen LogP contribution in [0.5, 0.6) is 0 Å². The van der Waals surface area contributed by atoms with Gasteiger partial charge in [-0.1, -0.05) is 44.2 Å². The Bertz CT molecular complexity index is 897. The predicted molar refractivity (Wildman–Crippen MR) is 101 cm³/mol. The van der Waals surface area contributed by atoms with Crippen molar-refractivity contribution in [2.75, 3.05) is 6.54 Å². The number of thiazole rings is 1. The van der Waals surface area contributed by atoms with E-state index in [-0.39, 0.29) is 11.7 Å². The number of aromatic nitrogens is 1. The molecule has 2 aromatic carbocycles. The molecule has 0 saturated carbocycles. The fourth-order valence-electron chi connectivity index (χ4n) is 2.58. The van der Waals surface area contributed by atoms with E-state index in [9.17, 15) is 9.18 Å². The van der Waals surface area contributed by atoms with E-state index >= 15 is 0 Å². The molecule has 0 aliphatic heterocycles. The van der Waals surface area contributed by atoms with Crippen LogP contribution in [0.3, 0.4) is 0 Å². The third kappa shape index (κ3) is 4.12. The highest BCUT2D eigenvalue weighted by molar-refractivity contribution is 7.19. The molecular weight excluding hydrogens is 335 g/mol. The Morgan fingerprint density at radius 3 is 2.68 bits per heavy atom. The molecule has 3 aromatic rings. The van der Waals surface area contributed by atoms with Gasteiger partial charge in [0.25, 0.3) is 0 Å². The Morgan fingerprint density at radius 2 is 1.92 bits per heavy atom. The van der Waals surface area contributed by atoms with Gasteiger partial charge in [0, 0.05) is 18.0 Å². The van der Waals surface area contributed by atoms with Crippen LogP contribution in [0.1, 0.15) is 24.4 Å². The number of halogens is 1. The van der Waals surface area contributed by atoms with Gasteiger partial charge in [0.2, 0.25) is 5.91 Å². The summed E-state index contributed by atoms with van der Waals surface area (Å²) in [6.45, 7) is 4.16. The minimum absolute atomic E-state index is 0.219. The molecule has 0 bridgehead atoms. The number of nitrogens with zero attached hydrogens (tertiary/aromatic N) is 1. The largest absolute Gasteiger partial charge is 0.352 e. The second-order valence-electron chi connectivity index (χ2n) is 6.43. The molecular formula is C20H19FN2OS. The van der Waals surface area contributed by atoms with Crippen molar-refractivity contribution < 1.29 is 9.18 Å². The Morgan fingerprint density at radius 1 is 1.20 bits per heavy atom. The van der Waals surface area contributed by atoms with Crippen molar-refractivity contribution in [3.05, 3.63) is 71.0 Å². The van der Waals surface area contributed by atoms with E-state index in [1.807, 2.05) is 38.1 Å². The summed E-state index contributed by atoms with van der Waals surface area (Å²) in [6, 6.07) is 14.5. The minimum Gasteiger partial charge on any atom is -0.352 e. The maximum absolute atomic E-state index is 13.9. The molecule has 0 atom stereocenters. The van der Waals surface area contributed by atoms with E-state index in [2.05, 4.69) is 10.3 Å². The molecule has 1 N–H and O–H groups in total. The Balaban J connectivity index is 1.63. The third-order valence-corrected chi connectivity index (χ3v) is 5.00. The van der Waals surface area contributed by atoms with E-state index in [4.69, 9.17) is 0 Å². The lowest BCUT2D eigenvalue weighted by Crippen LogP contribution is -2.36. The van der Waals surface area contributed by atoms with Crippen LogP contribution in [-0.4, -0.2) is 17.4 Å². The zero-order valence-electron chi connectivity index (χ0n) is 14.1. The van der Waals surface area contributed by atoms with Crippen LogP contribution in [0.15, 0.2) is 54.6 Å². The van der Waals surface area contributed by atoms with Gasteiger partial charge in [0.15, 0.2) is 0 Å². The number of hydrogen-bond acceptors (Lipinski definition) is 3. The third-order valence-electron chi connectivity index (χ3n) is 4.00. The highest BCUT2D eigenvalue weighted by Gasteiger charge is 2.24. The fourth-order valence-corrected chi connectivity index (χ4v) is 3.45. The molecule has 0 spiro atoms. The molecule has 0 fully saturated rings. The molecule has 0 unspecified atom stereocenters. The number of fused-ring (bicyclic) bond motifs is 1. The summed E-state index contributed by atoms with van der Waals surface area (Å²) in [7, 11) is 0. The molecule has 1 aromatic heterocycles. The molecule has 128 valence electrons. The van der Waals surface area contributed by atoms with E-state index in [0.717, 1.165) is 15.2 Å². The van der Waals surface area contributed by atoms with E-state index < -0.39 is 5.41 Å². The number of nitrogens with one attached hydrogen (secondary N) is 1. The smallest absolute Gasteiger partial charge is 0.244 e. The zero-order valence-corrected chi connectivity index (χ0v) is 14.9. The number of hydrogen-bond donors (Lipinski definition) is 1. The first kappa shape index (κ1) is 17.3. The topological polar surface area (TPSA) is 42.0 Å². The fraction of sp³-hybridized carbons (Fsp3) is 0.200. The van der Waals surface area contributed by atoms with Crippen molar-refractivity contribution in [1.29, 1.82) is 0 Å². The monoisotopic (exact) mass is 354 g/mol. The Labute approximate surface area is 150 Å². The number of rotatable bonds is 5. The van der Waals surface area contributed by atoms with Crippen LogP contribution in [0.25, 0.3) is 16.3 Å². The highest BCUT2D eigenvalue weighted by atomic mass is 32.1. The van der Waals surface area contributed by atoms with Gasteiger partial charge in [0.05, 0.1) is 10.2 Å². The predicted octanol–water partition coefficient (Wildman–Crippen LogP) is 4.54. The average Bonchev–Trinajstić information content (AvgIpc) is 3.01. The van der Waals surface area contributed by atoms with Gasteiger partial charge in [-0.25, -0.2) is 9.37 Å². The SMILES string of the molecule is CC(C)(CNC(=O)/C=C/c1nc2ccccc2s1)c1ccccc1F. The van der Waals surface area contributed by atoms with Gasteiger partial charge in [-0.05, 0) is 29.8 Å². The minimum atomic E-state index is -0.495. The molecule has 5 heteroatoms. The lowest BCUT2D eigenvalue weighted by molar-refractivity contribution is -0.116. The zero-order chi connectivity index (χ0) is 17.9. The lowest BCUT2D eigenvalue weighted by Gasteiger charge is -2.25. The van der Waals surface area contributed by atoms with Gasteiger partial charge < -0.3 is 5.32 Å². The van der Waals surface area contributed by atoms with Crippen molar-refractivity contribution in [2.24, 2.45) is 0 Å². The second kappa shape index (κ2) is 7.15. The van der Waals surface area contributed by atoms with Crippen molar-refractivity contribution >= 4 is 33.5 Å². The molecule has 0 saturated heterocycles. The Hall–Kier alpha value is -2.53. The first-order valence-electron chi connectivity index (χ1n) is 8.02. The molecule has 3 rings (SSSR count). The van der Waals surface area contributed by atoms with Crippen LogP contribution in [0.2, 0.25) is 0 Å². The summed E-state index contributed by atoms with van der Waals surface area (Å²) in [5.74, 6) is -0.476. The quantitative estimate of drug-likeness (QED) is 0.683. The van der Waals surface area contributed by atoms with E-state index in [1.165, 1.54) is 23.5 Å². The first-order valence-corrected chi connectivity index (χ1v) is 8.84. The molecule has 1 heterocycles. The first-order chi connectivity index (χ1) is 12.0. The summed E-state index contributed by atoms with van der Waals surface area (Å²) >= 11 is 1.53. The van der Waals surface area contributed by atoms with Gasteiger partial charge in [0.1, 0.15) is 10.8 Å². The van der Waals surface area contributed by atoms with E-state index in [0.29, 0.717) is 12.1 Å². The van der Waals surface area contributed by atoms with Gasteiger partial charge >= 0.3 is 0 Å². The number of para-hydroxylation sites is 1. The van der Waals surface area contributed by atoms with Crippen molar-refractivity contribution in [1.82, 2.24) is 10.3 Å². The molecule has 3 nitrogen and oxygen atoms in total. The van der Waals surface area contributed by atoms with Gasteiger partial charge in [-0.2, -0.15) is 0 Å². The van der Waals surface area contributed by atoms with E-state index in [1.54, 1.807) is 24.3 Å². The maximum atomic E-state index is 13.9. The average molecular weight is 354 g/mol. The number of carbonyl (C=O) groups is 1. The van der Waals surface area contributed by atoms with Crippen LogP contribution in [-0.2, 0) is 10.2 Å². The summed E-state index contributed by atoms with van der Waals surface area (Å²) < 4.78 is 15.0. The number of benzene rings is 2. The Kier molecular flexibility index (Phi) is 4.95. The molecule has 0 radical (unpaired) electrons. The van der Waals surface area contributed by atoms with Gasteiger partial charge in [-0.15, -0.1) is 11.3 Å². The maximum Gasteiger partial charge on any atom is 0.244 e. The normalized spacial score (nSPS) is 12.0. The van der Waals surface area contributed by atoms with Gasteiger partial charge in [-0.3, -0.25) is 4.79 Å². The van der Waals surface area contributed by atoms with Crippen molar-refractivity contribution in [2.45, 2.75) is 19.3 Å². The van der Waals surface area contributed by atoms with Crippen LogP contribution < -0.4 is 5.32 Å². The summed E-state index contributed by atoms with van der Waals surface area (Å²) in [4.78, 5) is 16.5. The standard InChI is InChI=1S/C20H19FN2OS/c1-20(2,14-7-3-4-8-15(14)21)13-22-18(24)11-12-19-23-16-9-5-6-10-17(16)25-19/h3-12H,13H2,1-2H3,(H,22,24)/b12-11+. The number of carbonyl (C=O) groups excluding carboxylic acids is 1. The molecule has 0 aliphatic rings. The summed E-state index contributed by atoms with van der Waals surface area (Å²) in [6.07, 6.45) is 3.17. The summed E-state index contributed by atoms with van der Waals surface area (Å²) in [5.41, 5.74) is 1.02. The summed E-state index contributed by atoms with van der Waals surface area (Å²) in [5, 5.41) is 3.62. The lowest BCUT2D eigenvalue weighted by atomic mass is 9.84. The van der Waals surface area contributed by atoms with Crippen molar-refractivity contribution in [3.63, 3.8) is 0 Å². The molecule has 1 amide bonds. The molecule has 0 aliphatic carbocycles. The van der Waals surface area contributed by atoms with Crippen LogP contribution in [0, 0.1) is 5.82 Å². The molecule has 25 heavy (non-hydrogen) atoms. The second-order valence-corrected chi connectivity index (χ2v) is 7.50. The number of amides is 1. The highest BCUT2D eigenvalue weighted by Crippen LogP contribution is 2.25. The van der Waals surface area contributed by atoms with Crippen LogP contribution in [0.4, 0.5) is 4.39 Å².